The third kappa shape index (κ3) is 1.66. The summed E-state index contributed by atoms with van der Waals surface area (Å²) in [5.74, 6) is -6.30. The minimum Gasteiger partial charge on any atom is -0.196 e. The lowest BCUT2D eigenvalue weighted by molar-refractivity contribution is 0.0443. The molecule has 0 N–H and O–H groups in total. The normalized spacial score (nSPS) is 17.8. The van der Waals surface area contributed by atoms with Gasteiger partial charge in [0.25, 0.3) is 0 Å². The summed E-state index contributed by atoms with van der Waals surface area (Å²) in [7, 11) is 0. The number of halogens is 4. The van der Waals surface area contributed by atoms with Crippen LogP contribution in [0, 0.1) is 27.7 Å². The van der Waals surface area contributed by atoms with Crippen molar-refractivity contribution in [3.63, 3.8) is 0 Å². The van der Waals surface area contributed by atoms with Crippen molar-refractivity contribution in [1.82, 2.24) is 0 Å². The van der Waals surface area contributed by atoms with Gasteiger partial charge in [-0.2, -0.15) is 17.6 Å². The largest absolute Gasteiger partial charge is 0.300 e. The van der Waals surface area contributed by atoms with E-state index in [9.17, 15) is 0 Å². The second-order valence-electron chi connectivity index (χ2n) is 7.10. The number of rotatable bonds is 0. The number of alkyl halides is 4. The van der Waals surface area contributed by atoms with E-state index >= 15 is 17.6 Å². The topological polar surface area (TPSA) is 0 Å². The number of aryl methyl sites for hydroxylation is 2. The zero-order chi connectivity index (χ0) is 18.8. The van der Waals surface area contributed by atoms with E-state index < -0.39 is 11.8 Å². The summed E-state index contributed by atoms with van der Waals surface area (Å²) < 4.78 is 61.0. The lowest BCUT2D eigenvalue weighted by atomic mass is 9.88. The molecule has 0 bridgehead atoms. The molecule has 0 spiro atoms. The second-order valence-corrected chi connectivity index (χ2v) is 9.61. The van der Waals surface area contributed by atoms with Crippen LogP contribution in [-0.4, -0.2) is 0 Å². The van der Waals surface area contributed by atoms with Gasteiger partial charge in [0.2, 0.25) is 0 Å². The third-order valence-corrected chi connectivity index (χ3v) is 7.61. The fraction of sp³-hybridized carbons (Fsp3) is 0.300. The van der Waals surface area contributed by atoms with Gasteiger partial charge in [-0.1, -0.05) is 0 Å². The SMILES string of the molecule is Cc1cc2c(s1)-c1c(C)c3c(c(C)c1C2(F)F)-c1sc(C)cc1C3(F)F. The highest BCUT2D eigenvalue weighted by Crippen LogP contribution is 2.63. The molecule has 0 saturated carbocycles. The van der Waals surface area contributed by atoms with Gasteiger partial charge in [0, 0.05) is 52.9 Å². The van der Waals surface area contributed by atoms with Gasteiger partial charge in [-0.15, -0.1) is 22.7 Å². The predicted octanol–water partition coefficient (Wildman–Crippen LogP) is 7.28. The van der Waals surface area contributed by atoms with E-state index in [1.165, 1.54) is 34.8 Å². The van der Waals surface area contributed by atoms with Gasteiger partial charge in [-0.25, -0.2) is 0 Å². The maximum atomic E-state index is 15.2. The Morgan fingerprint density at radius 3 is 1.35 bits per heavy atom. The minimum absolute atomic E-state index is 0.0456. The summed E-state index contributed by atoms with van der Waals surface area (Å²) in [6, 6.07) is 2.98. The molecule has 0 aliphatic heterocycles. The molecule has 134 valence electrons. The standard InChI is InChI=1S/C20H14F4S2/c1-7-5-11-17(25-7)13-9(3)16-14(10(4)15(13)19(11,21)22)18-12(20(16,23)24)6-8(2)26-18/h5-6H,1-4H3. The second kappa shape index (κ2) is 4.60. The Balaban J connectivity index is 1.97. The van der Waals surface area contributed by atoms with Crippen molar-refractivity contribution in [3.8, 4) is 20.9 Å². The molecule has 0 nitrogen and oxygen atoms in total. The summed E-state index contributed by atoms with van der Waals surface area (Å²) in [5, 5.41) is 0. The molecule has 3 aromatic rings. The summed E-state index contributed by atoms with van der Waals surface area (Å²) in [6.07, 6.45) is 0. The van der Waals surface area contributed by atoms with Gasteiger partial charge in [-0.05, 0) is 51.0 Å². The number of hydrogen-bond donors (Lipinski definition) is 0. The van der Waals surface area contributed by atoms with E-state index in [0.29, 0.717) is 20.9 Å². The molecule has 0 amide bonds. The maximum Gasteiger partial charge on any atom is 0.300 e. The summed E-state index contributed by atoms with van der Waals surface area (Å²) in [6.45, 7) is 6.66. The molecule has 0 atom stereocenters. The zero-order valence-electron chi connectivity index (χ0n) is 14.5. The van der Waals surface area contributed by atoms with E-state index in [2.05, 4.69) is 0 Å². The molecule has 0 radical (unpaired) electrons. The van der Waals surface area contributed by atoms with Crippen LogP contribution in [0.5, 0.6) is 0 Å². The van der Waals surface area contributed by atoms with Gasteiger partial charge >= 0.3 is 11.8 Å². The van der Waals surface area contributed by atoms with Crippen LogP contribution in [0.3, 0.4) is 0 Å². The molecule has 6 heteroatoms. The fourth-order valence-corrected chi connectivity index (χ4v) is 6.79. The molecule has 0 saturated heterocycles. The Bertz CT molecular complexity index is 1040. The summed E-state index contributed by atoms with van der Waals surface area (Å²) >= 11 is 2.51. The fourth-order valence-electron chi connectivity index (χ4n) is 4.49. The molecule has 2 aliphatic rings. The van der Waals surface area contributed by atoms with Gasteiger partial charge < -0.3 is 0 Å². The zero-order valence-corrected chi connectivity index (χ0v) is 16.1. The first-order valence-electron chi connectivity index (χ1n) is 8.23. The van der Waals surface area contributed by atoms with Crippen LogP contribution >= 0.6 is 22.7 Å². The quantitative estimate of drug-likeness (QED) is 0.351. The van der Waals surface area contributed by atoms with Crippen LogP contribution in [0.15, 0.2) is 12.1 Å². The van der Waals surface area contributed by atoms with Crippen molar-refractivity contribution in [1.29, 1.82) is 0 Å². The highest BCUT2D eigenvalue weighted by Gasteiger charge is 2.54. The molecule has 5 rings (SSSR count). The first-order chi connectivity index (χ1) is 12.1. The molecule has 2 aliphatic carbocycles. The highest BCUT2D eigenvalue weighted by atomic mass is 32.1. The van der Waals surface area contributed by atoms with Crippen LogP contribution in [0.1, 0.15) is 43.1 Å². The van der Waals surface area contributed by atoms with Gasteiger partial charge in [0.15, 0.2) is 0 Å². The third-order valence-electron chi connectivity index (χ3n) is 5.47. The molecule has 1 aromatic carbocycles. The van der Waals surface area contributed by atoms with E-state index in [0.717, 1.165) is 9.75 Å². The summed E-state index contributed by atoms with van der Waals surface area (Å²) in [4.78, 5) is 2.40. The van der Waals surface area contributed by atoms with Gasteiger partial charge in [0.1, 0.15) is 0 Å². The monoisotopic (exact) mass is 394 g/mol. The molecular formula is C20H14F4S2. The Morgan fingerprint density at radius 2 is 1.00 bits per heavy atom. The van der Waals surface area contributed by atoms with E-state index in [-0.39, 0.29) is 33.4 Å². The number of benzene rings is 1. The van der Waals surface area contributed by atoms with Crippen molar-refractivity contribution in [2.24, 2.45) is 0 Å². The molecular weight excluding hydrogens is 380 g/mol. The van der Waals surface area contributed by atoms with Gasteiger partial charge in [0.05, 0.1) is 0 Å². The van der Waals surface area contributed by atoms with Crippen LogP contribution in [0.2, 0.25) is 0 Å². The van der Waals surface area contributed by atoms with Crippen molar-refractivity contribution in [3.05, 3.63) is 55.3 Å². The van der Waals surface area contributed by atoms with E-state index in [1.54, 1.807) is 27.7 Å². The first kappa shape index (κ1) is 16.5. The minimum atomic E-state index is -3.15. The molecule has 26 heavy (non-hydrogen) atoms. The number of fused-ring (bicyclic) bond motifs is 6. The van der Waals surface area contributed by atoms with Crippen LogP contribution in [-0.2, 0) is 11.8 Å². The number of hydrogen-bond acceptors (Lipinski definition) is 2. The van der Waals surface area contributed by atoms with E-state index in [1.807, 2.05) is 0 Å². The lowest BCUT2D eigenvalue weighted by Gasteiger charge is -2.22. The first-order valence-corrected chi connectivity index (χ1v) is 9.86. The highest BCUT2D eigenvalue weighted by molar-refractivity contribution is 7.16. The average molecular weight is 394 g/mol. The molecule has 0 fully saturated rings. The van der Waals surface area contributed by atoms with Crippen molar-refractivity contribution in [2.75, 3.05) is 0 Å². The number of thiophene rings is 2. The molecule has 0 unspecified atom stereocenters. The van der Waals surface area contributed by atoms with Crippen LogP contribution in [0.25, 0.3) is 20.9 Å². The summed E-state index contributed by atoms with van der Waals surface area (Å²) in [5.41, 5.74) is 0.914. The lowest BCUT2D eigenvalue weighted by Crippen LogP contribution is -2.16. The van der Waals surface area contributed by atoms with Crippen LogP contribution in [0.4, 0.5) is 17.6 Å². The van der Waals surface area contributed by atoms with Crippen molar-refractivity contribution in [2.45, 2.75) is 39.5 Å². The average Bonchev–Trinajstić information content (AvgIpc) is 3.19. The van der Waals surface area contributed by atoms with Crippen LogP contribution < -0.4 is 0 Å². The Labute approximate surface area is 156 Å². The molecule has 2 aromatic heterocycles. The predicted molar refractivity (Wildman–Crippen MR) is 98.0 cm³/mol. The van der Waals surface area contributed by atoms with Crippen molar-refractivity contribution < 1.29 is 17.6 Å². The van der Waals surface area contributed by atoms with Crippen molar-refractivity contribution >= 4 is 22.7 Å². The Kier molecular flexibility index (Phi) is 2.92. The maximum absolute atomic E-state index is 15.2. The Hall–Kier alpha value is -1.66. The smallest absolute Gasteiger partial charge is 0.196 e. The van der Waals surface area contributed by atoms with E-state index in [4.69, 9.17) is 0 Å². The van der Waals surface area contributed by atoms with Gasteiger partial charge in [-0.3, -0.25) is 0 Å². The Morgan fingerprint density at radius 1 is 0.654 bits per heavy atom. The molecule has 2 heterocycles.